The zero-order valence-corrected chi connectivity index (χ0v) is 20.7. The first-order valence-electron chi connectivity index (χ1n) is 10.4. The van der Waals surface area contributed by atoms with E-state index in [4.69, 9.17) is 9.72 Å². The molecule has 8 heteroatoms. The van der Waals surface area contributed by atoms with Crippen molar-refractivity contribution in [2.45, 2.75) is 25.7 Å². The Hall–Kier alpha value is -1.80. The summed E-state index contributed by atoms with van der Waals surface area (Å²) in [7, 11) is 0. The lowest BCUT2D eigenvalue weighted by Gasteiger charge is -2.24. The van der Waals surface area contributed by atoms with Crippen LogP contribution < -0.4 is 9.64 Å². The van der Waals surface area contributed by atoms with Crippen LogP contribution in [0.1, 0.15) is 20.8 Å². The molecule has 31 heavy (non-hydrogen) atoms. The molecule has 0 aliphatic carbocycles. The predicted molar refractivity (Wildman–Crippen MR) is 135 cm³/mol. The van der Waals surface area contributed by atoms with Gasteiger partial charge in [-0.2, -0.15) is 0 Å². The van der Waals surface area contributed by atoms with Gasteiger partial charge >= 0.3 is 0 Å². The number of halogens is 1. The second-order valence-corrected chi connectivity index (χ2v) is 8.79. The molecule has 0 atom stereocenters. The van der Waals surface area contributed by atoms with Gasteiger partial charge in [-0.15, -0.1) is 24.2 Å². The van der Waals surface area contributed by atoms with Crippen molar-refractivity contribution in [3.8, 4) is 5.75 Å². The van der Waals surface area contributed by atoms with Crippen molar-refractivity contribution in [2.24, 2.45) is 0 Å². The van der Waals surface area contributed by atoms with Gasteiger partial charge in [-0.3, -0.25) is 9.69 Å². The van der Waals surface area contributed by atoms with E-state index in [1.807, 2.05) is 60.4 Å². The molecular formula is C23H30ClN3O2S2. The lowest BCUT2D eigenvalue weighted by atomic mass is 10.3. The number of fused-ring (bicyclic) bond motifs is 1. The number of likely N-dealkylation sites (N-methyl/N-ethyl adjacent to an activating group) is 1. The average Bonchev–Trinajstić information content (AvgIpc) is 3.19. The van der Waals surface area contributed by atoms with E-state index >= 15 is 0 Å². The minimum atomic E-state index is 0. The van der Waals surface area contributed by atoms with E-state index in [0.29, 0.717) is 18.9 Å². The molecule has 1 heterocycles. The Kier molecular flexibility index (Phi) is 10.6. The smallest absolute Gasteiger partial charge is 0.239 e. The highest BCUT2D eigenvalue weighted by atomic mass is 35.5. The number of thiazole rings is 1. The normalized spacial score (nSPS) is 10.8. The summed E-state index contributed by atoms with van der Waals surface area (Å²) in [5.74, 6) is 1.31. The van der Waals surface area contributed by atoms with Gasteiger partial charge in [0.05, 0.1) is 22.6 Å². The summed E-state index contributed by atoms with van der Waals surface area (Å²) in [6, 6.07) is 15.9. The van der Waals surface area contributed by atoms with Crippen LogP contribution in [0, 0.1) is 0 Å². The highest BCUT2D eigenvalue weighted by Crippen LogP contribution is 2.32. The minimum Gasteiger partial charge on any atom is -0.494 e. The summed E-state index contributed by atoms with van der Waals surface area (Å²) in [5, 5.41) is 0.754. The topological polar surface area (TPSA) is 45.7 Å². The number of carbonyl (C=O) groups excluding carboxylic acids is 1. The van der Waals surface area contributed by atoms with Gasteiger partial charge in [-0.25, -0.2) is 4.98 Å². The summed E-state index contributed by atoms with van der Waals surface area (Å²) in [4.78, 5) is 23.2. The van der Waals surface area contributed by atoms with E-state index in [-0.39, 0.29) is 18.3 Å². The molecule has 0 aliphatic heterocycles. The molecule has 0 saturated carbocycles. The molecule has 5 nitrogen and oxygen atoms in total. The molecule has 168 valence electrons. The third kappa shape index (κ3) is 7.10. The second-order valence-electron chi connectivity index (χ2n) is 6.73. The fourth-order valence-electron chi connectivity index (χ4n) is 3.11. The van der Waals surface area contributed by atoms with Crippen molar-refractivity contribution < 1.29 is 9.53 Å². The van der Waals surface area contributed by atoms with Crippen LogP contribution in [0.3, 0.4) is 0 Å². The summed E-state index contributed by atoms with van der Waals surface area (Å²) in [5.41, 5.74) is 0.898. The molecule has 0 unspecified atom stereocenters. The van der Waals surface area contributed by atoms with Crippen molar-refractivity contribution in [1.82, 2.24) is 9.88 Å². The Bertz CT molecular complexity index is 948. The summed E-state index contributed by atoms with van der Waals surface area (Å²) in [6.07, 6.45) is 0. The number of hydrogen-bond acceptors (Lipinski definition) is 6. The lowest BCUT2D eigenvalue weighted by Crippen LogP contribution is -2.39. The molecule has 1 amide bonds. The minimum absolute atomic E-state index is 0. The van der Waals surface area contributed by atoms with Gasteiger partial charge in [0.2, 0.25) is 5.91 Å². The van der Waals surface area contributed by atoms with Crippen LogP contribution in [-0.4, -0.2) is 54.3 Å². The lowest BCUT2D eigenvalue weighted by molar-refractivity contribution is -0.116. The van der Waals surface area contributed by atoms with E-state index in [9.17, 15) is 4.79 Å². The molecule has 0 radical (unpaired) electrons. The Labute approximate surface area is 199 Å². The van der Waals surface area contributed by atoms with E-state index in [1.54, 1.807) is 23.1 Å². The molecule has 0 fully saturated rings. The van der Waals surface area contributed by atoms with Crippen LogP contribution >= 0.6 is 35.5 Å². The van der Waals surface area contributed by atoms with E-state index in [1.165, 1.54) is 0 Å². The van der Waals surface area contributed by atoms with Gasteiger partial charge in [-0.05, 0) is 50.3 Å². The maximum Gasteiger partial charge on any atom is 0.239 e. The zero-order chi connectivity index (χ0) is 21.3. The van der Waals surface area contributed by atoms with Crippen LogP contribution in [-0.2, 0) is 4.79 Å². The maximum absolute atomic E-state index is 13.2. The van der Waals surface area contributed by atoms with Crippen LogP contribution in [0.2, 0.25) is 0 Å². The first kappa shape index (κ1) is 25.5. The highest BCUT2D eigenvalue weighted by Gasteiger charge is 2.21. The zero-order valence-electron chi connectivity index (χ0n) is 18.2. The molecule has 0 spiro atoms. The molecule has 0 bridgehead atoms. The number of amides is 1. The summed E-state index contributed by atoms with van der Waals surface area (Å²) in [6.45, 7) is 10.3. The van der Waals surface area contributed by atoms with Gasteiger partial charge < -0.3 is 9.64 Å². The van der Waals surface area contributed by atoms with Crippen LogP contribution in [0.5, 0.6) is 5.75 Å². The SMILES string of the molecule is CCOc1ccc2nc(N(CCN(CC)CC)C(=O)CSc3ccccc3)sc2c1.Cl. The Balaban J connectivity index is 0.00000341. The molecule has 2 aromatic carbocycles. The number of carbonyl (C=O) groups is 1. The number of ether oxygens (including phenoxy) is 1. The van der Waals surface area contributed by atoms with Crippen molar-refractivity contribution in [2.75, 3.05) is 43.4 Å². The van der Waals surface area contributed by atoms with Gasteiger partial charge in [0.25, 0.3) is 0 Å². The summed E-state index contributed by atoms with van der Waals surface area (Å²) < 4.78 is 6.65. The Morgan fingerprint density at radius 3 is 2.48 bits per heavy atom. The molecule has 0 saturated heterocycles. The highest BCUT2D eigenvalue weighted by molar-refractivity contribution is 8.00. The van der Waals surface area contributed by atoms with Gasteiger partial charge in [-0.1, -0.05) is 43.4 Å². The molecule has 0 N–H and O–H groups in total. The van der Waals surface area contributed by atoms with Gasteiger partial charge in [0.15, 0.2) is 5.13 Å². The number of anilines is 1. The van der Waals surface area contributed by atoms with Crippen LogP contribution in [0.25, 0.3) is 10.2 Å². The molecule has 3 aromatic rings. The van der Waals surface area contributed by atoms with E-state index in [0.717, 1.165) is 45.6 Å². The fourth-order valence-corrected chi connectivity index (χ4v) is 4.95. The number of aromatic nitrogens is 1. The quantitative estimate of drug-likeness (QED) is 0.336. The fraction of sp³-hybridized carbons (Fsp3) is 0.391. The third-order valence-electron chi connectivity index (χ3n) is 4.83. The Morgan fingerprint density at radius 2 is 1.81 bits per heavy atom. The third-order valence-corrected chi connectivity index (χ3v) is 6.87. The number of nitrogens with zero attached hydrogens (tertiary/aromatic N) is 3. The van der Waals surface area contributed by atoms with Crippen LogP contribution in [0.4, 0.5) is 5.13 Å². The maximum atomic E-state index is 13.2. The second kappa shape index (κ2) is 12.9. The monoisotopic (exact) mass is 479 g/mol. The largest absolute Gasteiger partial charge is 0.494 e. The number of benzene rings is 2. The first-order valence-corrected chi connectivity index (χ1v) is 12.2. The summed E-state index contributed by atoms with van der Waals surface area (Å²) >= 11 is 3.11. The van der Waals surface area contributed by atoms with Gasteiger partial charge in [0, 0.05) is 18.0 Å². The van der Waals surface area contributed by atoms with E-state index < -0.39 is 0 Å². The van der Waals surface area contributed by atoms with Crippen LogP contribution in [0.15, 0.2) is 53.4 Å². The average molecular weight is 480 g/mol. The van der Waals surface area contributed by atoms with Crippen molar-refractivity contribution in [3.05, 3.63) is 48.5 Å². The van der Waals surface area contributed by atoms with Crippen molar-refractivity contribution in [1.29, 1.82) is 0 Å². The number of thioether (sulfide) groups is 1. The molecule has 0 aliphatic rings. The standard InChI is InChI=1S/C23H29N3O2S2.ClH/c1-4-25(5-2)14-15-26(22(27)17-29-19-10-8-7-9-11-19)23-24-20-13-12-18(28-6-3)16-21(20)30-23;/h7-13,16H,4-6,14-15,17H2,1-3H3;1H. The van der Waals surface area contributed by atoms with Crippen molar-refractivity contribution in [3.63, 3.8) is 0 Å². The predicted octanol–water partition coefficient (Wildman–Crippen LogP) is 5.58. The molecule has 3 rings (SSSR count). The number of rotatable bonds is 11. The number of hydrogen-bond donors (Lipinski definition) is 0. The first-order chi connectivity index (χ1) is 14.6. The molecular weight excluding hydrogens is 450 g/mol. The molecule has 1 aromatic heterocycles. The van der Waals surface area contributed by atoms with Crippen molar-refractivity contribution >= 4 is 56.8 Å². The van der Waals surface area contributed by atoms with Gasteiger partial charge in [0.1, 0.15) is 5.75 Å². The Morgan fingerprint density at radius 1 is 1.06 bits per heavy atom. The van der Waals surface area contributed by atoms with E-state index in [2.05, 4.69) is 18.7 Å².